The van der Waals surface area contributed by atoms with Gasteiger partial charge in [-0.15, -0.1) is 0 Å². The van der Waals surface area contributed by atoms with Crippen LogP contribution in [0.25, 0.3) is 0 Å². The summed E-state index contributed by atoms with van der Waals surface area (Å²) >= 11 is 0. The molecule has 0 spiro atoms. The van der Waals surface area contributed by atoms with Crippen molar-refractivity contribution in [1.82, 2.24) is 0 Å². The number of anilines is 2. The van der Waals surface area contributed by atoms with Gasteiger partial charge in [-0.2, -0.15) is 8.42 Å². The van der Waals surface area contributed by atoms with Gasteiger partial charge in [-0.1, -0.05) is 24.3 Å². The first-order chi connectivity index (χ1) is 10.9. The Hall–Kier alpha value is -2.05. The molecule has 0 fully saturated rings. The Bertz CT molecular complexity index is 711. The lowest BCUT2D eigenvalue weighted by Gasteiger charge is -2.08. The highest BCUT2D eigenvalue weighted by molar-refractivity contribution is 7.85. The predicted molar refractivity (Wildman–Crippen MR) is 94.2 cm³/mol. The van der Waals surface area contributed by atoms with E-state index in [1.54, 1.807) is 0 Å². The van der Waals surface area contributed by atoms with Crippen molar-refractivity contribution in [2.45, 2.75) is 19.3 Å². The Balaban J connectivity index is 1.77. The summed E-state index contributed by atoms with van der Waals surface area (Å²) in [6.45, 7) is 0.673. The molecule has 0 bridgehead atoms. The molecule has 0 aliphatic rings. The van der Waals surface area contributed by atoms with Crippen molar-refractivity contribution in [3.05, 3.63) is 59.7 Å². The largest absolute Gasteiger partial charge is 0.399 e. The monoisotopic (exact) mass is 334 g/mol. The molecule has 0 amide bonds. The fraction of sp³-hybridized carbons (Fsp3) is 0.294. The van der Waals surface area contributed by atoms with E-state index in [1.807, 2.05) is 36.4 Å². The second kappa shape index (κ2) is 7.99. The van der Waals surface area contributed by atoms with Gasteiger partial charge >= 0.3 is 0 Å². The molecule has 0 atom stereocenters. The number of hydrogen-bond donors (Lipinski definition) is 3. The lowest BCUT2D eigenvalue weighted by Crippen LogP contribution is -2.07. The van der Waals surface area contributed by atoms with Crippen molar-refractivity contribution in [1.29, 1.82) is 0 Å². The van der Waals surface area contributed by atoms with E-state index in [4.69, 9.17) is 10.3 Å². The molecule has 124 valence electrons. The SMILES string of the molecule is Nc1ccc(Cc2ccc(NCCCCS(=O)(=O)O)cc2)cc1. The van der Waals surface area contributed by atoms with Gasteiger partial charge in [0.05, 0.1) is 5.75 Å². The Morgan fingerprint density at radius 2 is 1.48 bits per heavy atom. The summed E-state index contributed by atoms with van der Waals surface area (Å²) in [4.78, 5) is 0. The molecular formula is C17H22N2O3S. The first-order valence-corrected chi connectivity index (χ1v) is 9.16. The Morgan fingerprint density at radius 1 is 0.913 bits per heavy atom. The van der Waals surface area contributed by atoms with E-state index in [1.165, 1.54) is 11.1 Å². The second-order valence-corrected chi connectivity index (χ2v) is 7.11. The number of nitrogen functional groups attached to an aromatic ring is 1. The molecule has 5 nitrogen and oxygen atoms in total. The van der Waals surface area contributed by atoms with Gasteiger partial charge in [0.2, 0.25) is 0 Å². The van der Waals surface area contributed by atoms with Crippen LogP contribution in [0.1, 0.15) is 24.0 Å². The summed E-state index contributed by atoms with van der Waals surface area (Å²) in [6, 6.07) is 16.0. The summed E-state index contributed by atoms with van der Waals surface area (Å²) in [5.41, 5.74) is 9.87. The molecule has 6 heteroatoms. The quantitative estimate of drug-likeness (QED) is 0.392. The summed E-state index contributed by atoms with van der Waals surface area (Å²) in [5, 5.41) is 3.24. The van der Waals surface area contributed by atoms with Crippen LogP contribution < -0.4 is 11.1 Å². The first-order valence-electron chi connectivity index (χ1n) is 7.55. The van der Waals surface area contributed by atoms with E-state index in [0.717, 1.165) is 17.8 Å². The summed E-state index contributed by atoms with van der Waals surface area (Å²) in [7, 11) is -3.84. The number of nitrogens with one attached hydrogen (secondary N) is 1. The van der Waals surface area contributed by atoms with Crippen LogP contribution in [0.4, 0.5) is 11.4 Å². The van der Waals surface area contributed by atoms with Crippen LogP contribution in [0.2, 0.25) is 0 Å². The van der Waals surface area contributed by atoms with Crippen LogP contribution in [0.3, 0.4) is 0 Å². The zero-order chi connectivity index (χ0) is 16.7. The van der Waals surface area contributed by atoms with E-state index in [-0.39, 0.29) is 5.75 Å². The van der Waals surface area contributed by atoms with Gasteiger partial charge in [-0.3, -0.25) is 4.55 Å². The topological polar surface area (TPSA) is 92.4 Å². The molecule has 2 aromatic carbocycles. The summed E-state index contributed by atoms with van der Waals surface area (Å²) in [5.74, 6) is -0.185. The van der Waals surface area contributed by atoms with E-state index >= 15 is 0 Å². The van der Waals surface area contributed by atoms with Crippen molar-refractivity contribution in [2.24, 2.45) is 0 Å². The van der Waals surface area contributed by atoms with Gasteiger partial charge in [0.1, 0.15) is 0 Å². The zero-order valence-corrected chi connectivity index (χ0v) is 13.7. The van der Waals surface area contributed by atoms with Crippen LogP contribution in [-0.2, 0) is 16.5 Å². The van der Waals surface area contributed by atoms with Crippen LogP contribution in [0, 0.1) is 0 Å². The smallest absolute Gasteiger partial charge is 0.264 e. The lowest BCUT2D eigenvalue weighted by atomic mass is 10.0. The zero-order valence-electron chi connectivity index (χ0n) is 12.9. The third kappa shape index (κ3) is 6.71. The molecule has 0 heterocycles. The van der Waals surface area contributed by atoms with E-state index in [0.29, 0.717) is 19.4 Å². The first kappa shape index (κ1) is 17.3. The second-order valence-electron chi connectivity index (χ2n) is 5.54. The Kier molecular flexibility index (Phi) is 6.01. The molecule has 2 aromatic rings. The standard InChI is InChI=1S/C17H22N2O3S/c18-16-7-3-14(4-8-16)13-15-5-9-17(10-6-15)19-11-1-2-12-23(20,21)22/h3-10,19H,1-2,11-13,18H2,(H,20,21,22). The number of unbranched alkanes of at least 4 members (excludes halogenated alkanes) is 1. The number of nitrogens with two attached hydrogens (primary N) is 1. The highest BCUT2D eigenvalue weighted by Crippen LogP contribution is 2.15. The van der Waals surface area contributed by atoms with E-state index in [2.05, 4.69) is 17.4 Å². The van der Waals surface area contributed by atoms with Gasteiger partial charge in [-0.05, 0) is 54.7 Å². The minimum atomic E-state index is -3.84. The number of hydrogen-bond acceptors (Lipinski definition) is 4. The molecule has 0 radical (unpaired) electrons. The average Bonchev–Trinajstić information content (AvgIpc) is 2.50. The minimum Gasteiger partial charge on any atom is -0.399 e. The van der Waals surface area contributed by atoms with Gasteiger partial charge in [0, 0.05) is 17.9 Å². The lowest BCUT2D eigenvalue weighted by molar-refractivity contribution is 0.480. The van der Waals surface area contributed by atoms with E-state index in [9.17, 15) is 8.42 Å². The summed E-state index contributed by atoms with van der Waals surface area (Å²) in [6.07, 6.45) is 1.99. The third-order valence-corrected chi connectivity index (χ3v) is 4.30. The number of benzene rings is 2. The molecular weight excluding hydrogens is 312 g/mol. The van der Waals surface area contributed by atoms with Gasteiger partial charge < -0.3 is 11.1 Å². The average molecular weight is 334 g/mol. The highest BCUT2D eigenvalue weighted by Gasteiger charge is 2.03. The molecule has 23 heavy (non-hydrogen) atoms. The highest BCUT2D eigenvalue weighted by atomic mass is 32.2. The fourth-order valence-electron chi connectivity index (χ4n) is 2.25. The maximum Gasteiger partial charge on any atom is 0.264 e. The van der Waals surface area contributed by atoms with Crippen molar-refractivity contribution in [3.63, 3.8) is 0 Å². The van der Waals surface area contributed by atoms with Crippen LogP contribution in [0.15, 0.2) is 48.5 Å². The fourth-order valence-corrected chi connectivity index (χ4v) is 2.82. The van der Waals surface area contributed by atoms with Gasteiger partial charge in [0.25, 0.3) is 10.1 Å². The van der Waals surface area contributed by atoms with Gasteiger partial charge in [0.15, 0.2) is 0 Å². The molecule has 0 saturated carbocycles. The maximum absolute atomic E-state index is 10.6. The molecule has 0 aliphatic carbocycles. The predicted octanol–water partition coefficient (Wildman–Crippen LogP) is 2.94. The normalized spacial score (nSPS) is 11.3. The molecule has 0 aromatic heterocycles. The Morgan fingerprint density at radius 3 is 2.04 bits per heavy atom. The van der Waals surface area contributed by atoms with Crippen LogP contribution >= 0.6 is 0 Å². The van der Waals surface area contributed by atoms with Crippen molar-refractivity contribution >= 4 is 21.5 Å². The molecule has 0 saturated heterocycles. The minimum absolute atomic E-state index is 0.185. The van der Waals surface area contributed by atoms with Crippen LogP contribution in [0.5, 0.6) is 0 Å². The van der Waals surface area contributed by atoms with Gasteiger partial charge in [-0.25, -0.2) is 0 Å². The van der Waals surface area contributed by atoms with Crippen molar-refractivity contribution in [2.75, 3.05) is 23.3 Å². The molecule has 2 rings (SSSR count). The van der Waals surface area contributed by atoms with Crippen molar-refractivity contribution in [3.8, 4) is 0 Å². The number of rotatable bonds is 8. The molecule has 0 unspecified atom stereocenters. The summed E-state index contributed by atoms with van der Waals surface area (Å²) < 4.78 is 29.8. The third-order valence-electron chi connectivity index (χ3n) is 3.50. The molecule has 0 aliphatic heterocycles. The van der Waals surface area contributed by atoms with Crippen molar-refractivity contribution < 1.29 is 13.0 Å². The maximum atomic E-state index is 10.6. The molecule has 4 N–H and O–H groups in total. The Labute approximate surface area is 137 Å². The van der Waals surface area contributed by atoms with Crippen LogP contribution in [-0.4, -0.2) is 25.3 Å². The van der Waals surface area contributed by atoms with E-state index < -0.39 is 10.1 Å².